The van der Waals surface area contributed by atoms with Gasteiger partial charge in [0.2, 0.25) is 6.79 Å². The molecule has 1 aliphatic carbocycles. The summed E-state index contributed by atoms with van der Waals surface area (Å²) in [4.78, 5) is 20.0. The largest absolute Gasteiger partial charge is 0.454 e. The van der Waals surface area contributed by atoms with E-state index in [9.17, 15) is 4.79 Å². The molecular formula is C31H29ClN4O3S. The monoisotopic (exact) mass is 572 g/mol. The lowest BCUT2D eigenvalue weighted by Crippen LogP contribution is -2.48. The lowest BCUT2D eigenvalue weighted by atomic mass is 10.0. The van der Waals surface area contributed by atoms with E-state index in [0.717, 1.165) is 65.8 Å². The van der Waals surface area contributed by atoms with E-state index in [4.69, 9.17) is 33.3 Å². The number of nitrogens with one attached hydrogen (secondary N) is 1. The van der Waals surface area contributed by atoms with Crippen LogP contribution in [0, 0.1) is 0 Å². The Balaban J connectivity index is 1.03. The van der Waals surface area contributed by atoms with Crippen molar-refractivity contribution < 1.29 is 14.3 Å². The van der Waals surface area contributed by atoms with Crippen LogP contribution in [0.2, 0.25) is 5.02 Å². The van der Waals surface area contributed by atoms with Crippen molar-refractivity contribution in [1.29, 1.82) is 0 Å². The highest BCUT2D eigenvalue weighted by Gasteiger charge is 2.32. The van der Waals surface area contributed by atoms with Crippen LogP contribution in [-0.4, -0.2) is 58.7 Å². The minimum absolute atomic E-state index is 0.0578. The van der Waals surface area contributed by atoms with Gasteiger partial charge in [0.25, 0.3) is 5.91 Å². The first-order chi connectivity index (χ1) is 19.5. The molecule has 3 aliphatic heterocycles. The third-order valence-corrected chi connectivity index (χ3v) is 8.44. The molecular weight excluding hydrogens is 544 g/mol. The van der Waals surface area contributed by atoms with Crippen LogP contribution in [0.3, 0.4) is 0 Å². The molecule has 1 saturated carbocycles. The number of halogens is 1. The molecule has 0 atom stereocenters. The second-order valence-electron chi connectivity index (χ2n) is 10.6. The number of amides is 1. The molecule has 9 heteroatoms. The highest BCUT2D eigenvalue weighted by atomic mass is 35.5. The van der Waals surface area contributed by atoms with Gasteiger partial charge in [-0.3, -0.25) is 9.69 Å². The summed E-state index contributed by atoms with van der Waals surface area (Å²) in [5, 5.41) is 4.77. The molecule has 1 N–H and O–H groups in total. The predicted molar refractivity (Wildman–Crippen MR) is 160 cm³/mol. The fourth-order valence-electron chi connectivity index (χ4n) is 5.61. The van der Waals surface area contributed by atoms with Crippen LogP contribution in [0.4, 0.5) is 5.69 Å². The van der Waals surface area contributed by atoms with Crippen LogP contribution in [-0.2, 0) is 13.1 Å². The van der Waals surface area contributed by atoms with E-state index in [1.165, 1.54) is 16.8 Å². The van der Waals surface area contributed by atoms with Gasteiger partial charge in [-0.25, -0.2) is 0 Å². The summed E-state index contributed by atoms with van der Waals surface area (Å²) in [6.07, 6.45) is 2.15. The number of allylic oxidation sites excluding steroid dienone is 1. The molecule has 0 unspecified atom stereocenters. The minimum atomic E-state index is 0.0578. The summed E-state index contributed by atoms with van der Waals surface area (Å²) in [7, 11) is 0. The molecule has 1 saturated heterocycles. The van der Waals surface area contributed by atoms with Gasteiger partial charge < -0.3 is 24.6 Å². The molecule has 0 aromatic heterocycles. The maximum Gasteiger partial charge on any atom is 0.254 e. The molecule has 3 aromatic rings. The third kappa shape index (κ3) is 5.03. The van der Waals surface area contributed by atoms with Crippen LogP contribution in [0.15, 0.2) is 66.2 Å². The van der Waals surface area contributed by atoms with Gasteiger partial charge in [-0.15, -0.1) is 0 Å². The van der Waals surface area contributed by atoms with E-state index in [-0.39, 0.29) is 12.7 Å². The van der Waals surface area contributed by atoms with Crippen molar-refractivity contribution in [2.45, 2.75) is 25.9 Å². The van der Waals surface area contributed by atoms with Crippen molar-refractivity contribution in [2.75, 3.05) is 38.3 Å². The van der Waals surface area contributed by atoms with Crippen LogP contribution in [0.5, 0.6) is 11.5 Å². The Morgan fingerprint density at radius 3 is 2.40 bits per heavy atom. The molecule has 1 amide bonds. The van der Waals surface area contributed by atoms with E-state index in [2.05, 4.69) is 27.2 Å². The third-order valence-electron chi connectivity index (χ3n) is 7.87. The summed E-state index contributed by atoms with van der Waals surface area (Å²) >= 11 is 11.9. The molecule has 0 bridgehead atoms. The molecule has 7 rings (SSSR count). The van der Waals surface area contributed by atoms with E-state index >= 15 is 0 Å². The zero-order valence-electron chi connectivity index (χ0n) is 22.0. The van der Waals surface area contributed by atoms with Crippen molar-refractivity contribution in [3.05, 3.63) is 93.5 Å². The van der Waals surface area contributed by atoms with Gasteiger partial charge in [0, 0.05) is 48.9 Å². The van der Waals surface area contributed by atoms with Crippen molar-refractivity contribution in [3.8, 4) is 11.5 Å². The number of thiocarbonyl (C=S) groups is 1. The Bertz CT molecular complexity index is 1530. The number of carbonyl (C=O) groups excluding carboxylic acids is 1. The number of rotatable bonds is 5. The summed E-state index contributed by atoms with van der Waals surface area (Å²) in [5.41, 5.74) is 7.58. The first-order valence-electron chi connectivity index (χ1n) is 13.6. The number of hydrogen-bond donors (Lipinski definition) is 1. The fourth-order valence-corrected chi connectivity index (χ4v) is 6.00. The Morgan fingerprint density at radius 1 is 0.875 bits per heavy atom. The average Bonchev–Trinajstić information content (AvgIpc) is 3.70. The molecule has 0 radical (unpaired) electrons. The topological polar surface area (TPSA) is 57.3 Å². The van der Waals surface area contributed by atoms with Gasteiger partial charge in [0.15, 0.2) is 16.6 Å². The number of nitrogens with zero attached hydrogens (tertiary/aromatic N) is 3. The zero-order chi connectivity index (χ0) is 27.2. The molecule has 40 heavy (non-hydrogen) atoms. The summed E-state index contributed by atoms with van der Waals surface area (Å²) in [6, 6.07) is 20.0. The molecule has 4 aliphatic rings. The van der Waals surface area contributed by atoms with Gasteiger partial charge in [-0.2, -0.15) is 0 Å². The maximum absolute atomic E-state index is 13.5. The molecule has 3 heterocycles. The quantitative estimate of drug-likeness (QED) is 0.391. The Kier molecular flexibility index (Phi) is 6.62. The second-order valence-corrected chi connectivity index (χ2v) is 11.4. The molecule has 204 valence electrons. The zero-order valence-corrected chi connectivity index (χ0v) is 23.6. The normalized spacial score (nSPS) is 18.1. The first-order valence-corrected chi connectivity index (χ1v) is 14.4. The van der Waals surface area contributed by atoms with Gasteiger partial charge in [-0.1, -0.05) is 29.8 Å². The average molecular weight is 573 g/mol. The van der Waals surface area contributed by atoms with E-state index < -0.39 is 0 Å². The number of hydrogen-bond acceptors (Lipinski definition) is 5. The lowest BCUT2D eigenvalue weighted by molar-refractivity contribution is 0.0628. The second kappa shape index (κ2) is 10.4. The van der Waals surface area contributed by atoms with Crippen LogP contribution >= 0.6 is 23.8 Å². The van der Waals surface area contributed by atoms with Crippen molar-refractivity contribution in [1.82, 2.24) is 14.7 Å². The summed E-state index contributed by atoms with van der Waals surface area (Å²) in [6.45, 7) is 4.80. The smallest absolute Gasteiger partial charge is 0.254 e. The number of benzene rings is 3. The van der Waals surface area contributed by atoms with Crippen molar-refractivity contribution >= 4 is 46.2 Å². The van der Waals surface area contributed by atoms with Crippen LogP contribution < -0.4 is 14.8 Å². The minimum Gasteiger partial charge on any atom is -0.454 e. The van der Waals surface area contributed by atoms with Gasteiger partial charge in [0.1, 0.15) is 0 Å². The van der Waals surface area contributed by atoms with Gasteiger partial charge in [0.05, 0.1) is 17.9 Å². The molecule has 3 aromatic carbocycles. The molecule has 2 fully saturated rings. The van der Waals surface area contributed by atoms with E-state index in [0.29, 0.717) is 30.3 Å². The standard InChI is InChI=1S/C31H29ClN4O3S/c32-24-7-1-20(2-8-24)18-36-29(22-4-5-22)25-9-6-23(16-26(25)33-31(36)40)30(37)35-13-11-34(12-14-35)17-21-3-10-27-28(15-21)39-19-38-27/h1-3,6-10,15-16H,4-5,11-14,17-19H2,(H,33,40). The molecule has 0 spiro atoms. The van der Waals surface area contributed by atoms with E-state index in [1.54, 1.807) is 0 Å². The summed E-state index contributed by atoms with van der Waals surface area (Å²) < 4.78 is 10.9. The van der Waals surface area contributed by atoms with Crippen molar-refractivity contribution in [3.63, 3.8) is 0 Å². The SMILES string of the molecule is O=C(c1ccc2c(c1)NC(=S)N(Cc1ccc(Cl)cc1)C2=C1CC1)N1CCN(Cc2ccc3c(c2)OCO3)CC1. The van der Waals surface area contributed by atoms with Crippen LogP contribution in [0.1, 0.15) is 39.9 Å². The highest BCUT2D eigenvalue weighted by Crippen LogP contribution is 2.44. The number of fused-ring (bicyclic) bond motifs is 2. The number of piperazine rings is 1. The Labute approximate surface area is 243 Å². The number of ether oxygens (including phenoxy) is 2. The van der Waals surface area contributed by atoms with Crippen LogP contribution in [0.25, 0.3) is 5.70 Å². The lowest BCUT2D eigenvalue weighted by Gasteiger charge is -2.36. The van der Waals surface area contributed by atoms with Gasteiger partial charge in [-0.05, 0) is 84.2 Å². The Hall–Kier alpha value is -3.59. The predicted octanol–water partition coefficient (Wildman–Crippen LogP) is 5.74. The maximum atomic E-state index is 13.5. The number of carbonyl (C=O) groups is 1. The van der Waals surface area contributed by atoms with Crippen molar-refractivity contribution in [2.24, 2.45) is 0 Å². The Morgan fingerprint density at radius 2 is 1.62 bits per heavy atom. The number of anilines is 1. The fraction of sp³-hybridized carbons (Fsp3) is 0.290. The van der Waals surface area contributed by atoms with Gasteiger partial charge >= 0.3 is 0 Å². The summed E-state index contributed by atoms with van der Waals surface area (Å²) in [5.74, 6) is 1.66. The molecule has 7 nitrogen and oxygen atoms in total. The highest BCUT2D eigenvalue weighted by molar-refractivity contribution is 7.80. The van der Waals surface area contributed by atoms with E-state index in [1.807, 2.05) is 53.4 Å². The first kappa shape index (κ1) is 25.4.